The molecule has 4 aliphatic rings. The summed E-state index contributed by atoms with van der Waals surface area (Å²) in [5.41, 5.74) is 0.638. The molecule has 1 unspecified atom stereocenters. The molecule has 1 atom stereocenters. The van der Waals surface area contributed by atoms with Gasteiger partial charge in [0.25, 0.3) is 0 Å². The zero-order chi connectivity index (χ0) is 19.1. The molecule has 0 radical (unpaired) electrons. The monoisotopic (exact) mass is 370 g/mol. The molecule has 5 nitrogen and oxygen atoms in total. The van der Waals surface area contributed by atoms with E-state index in [0.29, 0.717) is 17.4 Å². The van der Waals surface area contributed by atoms with E-state index in [9.17, 15) is 14.7 Å². The molecule has 4 bridgehead atoms. The first kappa shape index (κ1) is 18.3. The Bertz CT molecular complexity index is 675. The molecule has 4 fully saturated rings. The molecule has 4 saturated carbocycles. The quantitative estimate of drug-likeness (QED) is 0.821. The molecule has 4 aliphatic carbocycles. The predicted molar refractivity (Wildman–Crippen MR) is 103 cm³/mol. The third-order valence-electron chi connectivity index (χ3n) is 6.94. The number of carboxylic acid groups (broad SMARTS) is 1. The van der Waals surface area contributed by atoms with Crippen LogP contribution in [-0.4, -0.2) is 34.1 Å². The molecule has 5 rings (SSSR count). The maximum atomic E-state index is 13.2. The number of amides is 2. The lowest BCUT2D eigenvalue weighted by molar-refractivity contribution is -0.143. The van der Waals surface area contributed by atoms with Crippen molar-refractivity contribution in [3.63, 3.8) is 0 Å². The van der Waals surface area contributed by atoms with E-state index in [2.05, 4.69) is 5.32 Å². The Hall–Kier alpha value is -2.04. The van der Waals surface area contributed by atoms with Crippen molar-refractivity contribution in [2.24, 2.45) is 23.7 Å². The Morgan fingerprint density at radius 1 is 1.00 bits per heavy atom. The van der Waals surface area contributed by atoms with Crippen LogP contribution in [0.25, 0.3) is 0 Å². The molecule has 0 heterocycles. The Morgan fingerprint density at radius 2 is 1.56 bits per heavy atom. The van der Waals surface area contributed by atoms with E-state index in [4.69, 9.17) is 0 Å². The first-order valence-corrected chi connectivity index (χ1v) is 10.3. The molecular weight excluding hydrogens is 340 g/mol. The number of hydrogen-bond acceptors (Lipinski definition) is 2. The zero-order valence-corrected chi connectivity index (χ0v) is 16.2. The first-order valence-electron chi connectivity index (χ1n) is 10.3. The van der Waals surface area contributed by atoms with Gasteiger partial charge in [0.1, 0.15) is 0 Å². The molecule has 2 amide bonds. The van der Waals surface area contributed by atoms with Gasteiger partial charge in [0.15, 0.2) is 6.04 Å². The number of carboxylic acids is 1. The molecule has 5 heteroatoms. The van der Waals surface area contributed by atoms with Gasteiger partial charge in [-0.2, -0.15) is 0 Å². The van der Waals surface area contributed by atoms with E-state index in [1.54, 1.807) is 12.1 Å². The fraction of sp³-hybridized carbons (Fsp3) is 0.636. The van der Waals surface area contributed by atoms with Crippen LogP contribution in [0.2, 0.25) is 0 Å². The lowest BCUT2D eigenvalue weighted by atomic mass is 9.54. The van der Waals surface area contributed by atoms with Gasteiger partial charge in [-0.25, -0.2) is 9.59 Å². The minimum absolute atomic E-state index is 0.205. The van der Waals surface area contributed by atoms with Gasteiger partial charge in [-0.05, 0) is 75.2 Å². The SMILES string of the molecule is CC(C)N(C(=O)NC1C2CC3CC(C2)CC1C3)C(C(=O)O)c1ccccc1. The molecule has 1 aromatic carbocycles. The van der Waals surface area contributed by atoms with Gasteiger partial charge in [0, 0.05) is 12.1 Å². The number of carbonyl (C=O) groups excluding carboxylic acids is 1. The number of nitrogens with one attached hydrogen (secondary N) is 1. The molecule has 1 aromatic rings. The van der Waals surface area contributed by atoms with Gasteiger partial charge in [-0.15, -0.1) is 0 Å². The molecule has 0 aromatic heterocycles. The number of aliphatic carboxylic acids is 1. The largest absolute Gasteiger partial charge is 0.479 e. The average Bonchev–Trinajstić information content (AvgIpc) is 2.62. The van der Waals surface area contributed by atoms with Crippen LogP contribution in [-0.2, 0) is 4.79 Å². The highest BCUT2D eigenvalue weighted by Gasteiger charge is 2.49. The molecule has 2 N–H and O–H groups in total. The molecule has 0 aliphatic heterocycles. The maximum absolute atomic E-state index is 13.2. The van der Waals surface area contributed by atoms with Crippen LogP contribution >= 0.6 is 0 Å². The van der Waals surface area contributed by atoms with E-state index in [1.807, 2.05) is 32.0 Å². The van der Waals surface area contributed by atoms with Crippen LogP contribution in [0.3, 0.4) is 0 Å². The van der Waals surface area contributed by atoms with Crippen LogP contribution in [0.1, 0.15) is 57.6 Å². The maximum Gasteiger partial charge on any atom is 0.331 e. The van der Waals surface area contributed by atoms with Gasteiger partial charge < -0.3 is 15.3 Å². The van der Waals surface area contributed by atoms with Crippen molar-refractivity contribution in [3.05, 3.63) is 35.9 Å². The van der Waals surface area contributed by atoms with Crippen LogP contribution in [0.15, 0.2) is 30.3 Å². The van der Waals surface area contributed by atoms with Gasteiger partial charge in [0.05, 0.1) is 0 Å². The number of hydrogen-bond donors (Lipinski definition) is 2. The lowest BCUT2D eigenvalue weighted by Crippen LogP contribution is -2.59. The fourth-order valence-corrected chi connectivity index (χ4v) is 6.09. The first-order chi connectivity index (χ1) is 12.9. The fourth-order valence-electron chi connectivity index (χ4n) is 6.09. The summed E-state index contributed by atoms with van der Waals surface area (Å²) in [6.07, 6.45) is 6.27. The van der Waals surface area contributed by atoms with Crippen LogP contribution in [0, 0.1) is 23.7 Å². The molecular formula is C22H30N2O3. The van der Waals surface area contributed by atoms with Crippen LogP contribution < -0.4 is 5.32 Å². The van der Waals surface area contributed by atoms with Crippen molar-refractivity contribution >= 4 is 12.0 Å². The summed E-state index contributed by atoms with van der Waals surface area (Å²) in [7, 11) is 0. The van der Waals surface area contributed by atoms with Crippen LogP contribution in [0.4, 0.5) is 4.79 Å². The highest BCUT2D eigenvalue weighted by molar-refractivity contribution is 5.84. The van der Waals surface area contributed by atoms with Gasteiger partial charge in [0.2, 0.25) is 0 Å². The number of carbonyl (C=O) groups is 2. The molecule has 27 heavy (non-hydrogen) atoms. The summed E-state index contributed by atoms with van der Waals surface area (Å²) < 4.78 is 0. The highest BCUT2D eigenvalue weighted by Crippen LogP contribution is 2.53. The van der Waals surface area contributed by atoms with E-state index in [-0.39, 0.29) is 18.1 Å². The summed E-state index contributed by atoms with van der Waals surface area (Å²) in [6, 6.07) is 7.85. The van der Waals surface area contributed by atoms with E-state index < -0.39 is 12.0 Å². The van der Waals surface area contributed by atoms with Crippen molar-refractivity contribution in [3.8, 4) is 0 Å². The minimum atomic E-state index is -0.991. The summed E-state index contributed by atoms with van der Waals surface area (Å²) in [5.74, 6) is 1.84. The second-order valence-electron chi connectivity index (χ2n) is 9.06. The van der Waals surface area contributed by atoms with Crippen molar-refractivity contribution in [2.45, 2.75) is 64.1 Å². The smallest absolute Gasteiger partial charge is 0.331 e. The summed E-state index contributed by atoms with van der Waals surface area (Å²) in [6.45, 7) is 3.77. The van der Waals surface area contributed by atoms with Gasteiger partial charge in [-0.3, -0.25) is 0 Å². The van der Waals surface area contributed by atoms with Crippen LogP contribution in [0.5, 0.6) is 0 Å². The summed E-state index contributed by atoms with van der Waals surface area (Å²) >= 11 is 0. The Labute approximate surface area is 161 Å². The number of benzene rings is 1. The highest BCUT2D eigenvalue weighted by atomic mass is 16.4. The summed E-state index contributed by atoms with van der Waals surface area (Å²) in [5, 5.41) is 13.2. The van der Waals surface area contributed by atoms with Crippen molar-refractivity contribution in [2.75, 3.05) is 0 Å². The molecule has 0 spiro atoms. The summed E-state index contributed by atoms with van der Waals surface area (Å²) in [4.78, 5) is 26.8. The topological polar surface area (TPSA) is 69.6 Å². The van der Waals surface area contributed by atoms with Crippen molar-refractivity contribution in [1.29, 1.82) is 0 Å². The third kappa shape index (κ3) is 3.44. The van der Waals surface area contributed by atoms with E-state index in [0.717, 1.165) is 11.8 Å². The Balaban J connectivity index is 1.55. The standard InChI is InChI=1S/C22H30N2O3/c1-13(2)24(20(21(25)26)16-6-4-3-5-7-16)22(27)23-19-17-9-14-8-15(11-17)12-18(19)10-14/h3-7,13-15,17-20H,8-12H2,1-2H3,(H,23,27)(H,25,26). The Kier molecular flexibility index (Phi) is 4.87. The molecule has 0 saturated heterocycles. The van der Waals surface area contributed by atoms with E-state index in [1.165, 1.54) is 37.0 Å². The van der Waals surface area contributed by atoms with E-state index >= 15 is 0 Å². The second-order valence-corrected chi connectivity index (χ2v) is 9.06. The Morgan fingerprint density at radius 3 is 2.04 bits per heavy atom. The minimum Gasteiger partial charge on any atom is -0.479 e. The predicted octanol–water partition coefficient (Wildman–Crippen LogP) is 4.06. The number of urea groups is 1. The van der Waals surface area contributed by atoms with Crippen molar-refractivity contribution < 1.29 is 14.7 Å². The number of rotatable bonds is 5. The normalized spacial score (nSPS) is 32.3. The van der Waals surface area contributed by atoms with Gasteiger partial charge in [-0.1, -0.05) is 30.3 Å². The zero-order valence-electron chi connectivity index (χ0n) is 16.2. The second kappa shape index (κ2) is 7.17. The lowest BCUT2D eigenvalue weighted by Gasteiger charge is -2.54. The third-order valence-corrected chi connectivity index (χ3v) is 6.94. The molecule has 146 valence electrons. The number of nitrogens with zero attached hydrogens (tertiary/aromatic N) is 1. The van der Waals surface area contributed by atoms with Gasteiger partial charge >= 0.3 is 12.0 Å². The average molecular weight is 370 g/mol. The van der Waals surface area contributed by atoms with Crippen molar-refractivity contribution in [1.82, 2.24) is 10.2 Å².